The van der Waals surface area contributed by atoms with Crippen molar-refractivity contribution in [1.29, 1.82) is 0 Å². The van der Waals surface area contributed by atoms with Crippen molar-refractivity contribution in [2.75, 3.05) is 6.54 Å². The SMILES string of the molecule is O=COC(C(=O)OCc1ccccc1)C1CC(=O)CCN1. The number of hydrogen-bond donors (Lipinski definition) is 1. The van der Waals surface area contributed by atoms with Gasteiger partial charge in [-0.1, -0.05) is 30.3 Å². The molecule has 1 aliphatic heterocycles. The van der Waals surface area contributed by atoms with Crippen molar-refractivity contribution in [2.24, 2.45) is 0 Å². The van der Waals surface area contributed by atoms with Crippen LogP contribution in [0.5, 0.6) is 0 Å². The number of ketones is 1. The maximum Gasteiger partial charge on any atom is 0.349 e. The second-order valence-corrected chi connectivity index (χ2v) is 4.80. The van der Waals surface area contributed by atoms with Gasteiger partial charge in [-0.3, -0.25) is 9.59 Å². The molecule has 2 atom stereocenters. The predicted octanol–water partition coefficient (Wildman–Crippen LogP) is 0.593. The minimum atomic E-state index is -1.10. The van der Waals surface area contributed by atoms with Gasteiger partial charge in [-0.2, -0.15) is 0 Å². The maximum absolute atomic E-state index is 12.1. The van der Waals surface area contributed by atoms with Crippen LogP contribution in [0.1, 0.15) is 18.4 Å². The Morgan fingerprint density at radius 1 is 1.38 bits per heavy atom. The molecule has 1 heterocycles. The molecule has 112 valence electrons. The molecule has 2 rings (SSSR count). The monoisotopic (exact) mass is 291 g/mol. The third kappa shape index (κ3) is 4.39. The normalized spacial score (nSPS) is 19.6. The second kappa shape index (κ2) is 7.54. The minimum Gasteiger partial charge on any atom is -0.458 e. The zero-order valence-electron chi connectivity index (χ0n) is 11.5. The van der Waals surface area contributed by atoms with Crippen LogP contribution in [-0.4, -0.2) is 36.9 Å². The van der Waals surface area contributed by atoms with E-state index in [0.29, 0.717) is 13.0 Å². The summed E-state index contributed by atoms with van der Waals surface area (Å²) in [5.74, 6) is -0.618. The smallest absolute Gasteiger partial charge is 0.349 e. The molecule has 6 nitrogen and oxygen atoms in total. The van der Waals surface area contributed by atoms with Crippen LogP contribution < -0.4 is 5.32 Å². The number of carbonyl (C=O) groups excluding carboxylic acids is 3. The van der Waals surface area contributed by atoms with Crippen LogP contribution in [0.2, 0.25) is 0 Å². The Bertz CT molecular complexity index is 502. The van der Waals surface area contributed by atoms with E-state index >= 15 is 0 Å². The van der Waals surface area contributed by atoms with Crippen molar-refractivity contribution >= 4 is 18.2 Å². The molecule has 0 aromatic heterocycles. The highest BCUT2D eigenvalue weighted by molar-refractivity contribution is 5.83. The van der Waals surface area contributed by atoms with Gasteiger partial charge in [-0.05, 0) is 5.56 Å². The van der Waals surface area contributed by atoms with Crippen molar-refractivity contribution in [2.45, 2.75) is 31.6 Å². The molecule has 21 heavy (non-hydrogen) atoms. The van der Waals surface area contributed by atoms with E-state index in [0.717, 1.165) is 5.56 Å². The highest BCUT2D eigenvalue weighted by Gasteiger charge is 2.34. The van der Waals surface area contributed by atoms with Crippen LogP contribution in [0.4, 0.5) is 0 Å². The Balaban J connectivity index is 1.95. The molecule has 1 aromatic carbocycles. The highest BCUT2D eigenvalue weighted by Crippen LogP contribution is 2.13. The Morgan fingerprint density at radius 2 is 2.14 bits per heavy atom. The molecule has 1 aromatic rings. The van der Waals surface area contributed by atoms with E-state index in [4.69, 9.17) is 9.47 Å². The van der Waals surface area contributed by atoms with Gasteiger partial charge >= 0.3 is 5.97 Å². The van der Waals surface area contributed by atoms with Crippen molar-refractivity contribution in [3.63, 3.8) is 0 Å². The summed E-state index contributed by atoms with van der Waals surface area (Å²) in [6.07, 6.45) is -0.530. The molecule has 0 spiro atoms. The molecule has 0 radical (unpaired) electrons. The van der Waals surface area contributed by atoms with E-state index in [1.165, 1.54) is 0 Å². The second-order valence-electron chi connectivity index (χ2n) is 4.80. The summed E-state index contributed by atoms with van der Waals surface area (Å²) in [4.78, 5) is 34.1. The lowest BCUT2D eigenvalue weighted by molar-refractivity contribution is -0.165. The first kappa shape index (κ1) is 15.2. The number of nitrogens with one attached hydrogen (secondary N) is 1. The number of piperidine rings is 1. The van der Waals surface area contributed by atoms with Crippen LogP contribution in [-0.2, 0) is 30.5 Å². The minimum absolute atomic E-state index is 0.0362. The Morgan fingerprint density at radius 3 is 2.81 bits per heavy atom. The van der Waals surface area contributed by atoms with Gasteiger partial charge in [0.1, 0.15) is 12.4 Å². The summed E-state index contributed by atoms with van der Waals surface area (Å²) in [7, 11) is 0. The quantitative estimate of drug-likeness (QED) is 0.610. The first-order chi connectivity index (χ1) is 10.2. The Hall–Kier alpha value is -2.21. The lowest BCUT2D eigenvalue weighted by atomic mass is 9.99. The van der Waals surface area contributed by atoms with Gasteiger partial charge in [0.2, 0.25) is 6.10 Å². The van der Waals surface area contributed by atoms with Crippen LogP contribution in [0, 0.1) is 0 Å². The summed E-state index contributed by atoms with van der Waals surface area (Å²) in [5, 5.41) is 3.01. The van der Waals surface area contributed by atoms with Gasteiger partial charge in [0.15, 0.2) is 0 Å². The fraction of sp³-hybridized carbons (Fsp3) is 0.400. The summed E-state index contributed by atoms with van der Waals surface area (Å²) >= 11 is 0. The van der Waals surface area contributed by atoms with Crippen LogP contribution in [0.15, 0.2) is 30.3 Å². The van der Waals surface area contributed by atoms with E-state index in [9.17, 15) is 14.4 Å². The zero-order chi connectivity index (χ0) is 15.1. The number of ether oxygens (including phenoxy) is 2. The molecule has 1 fully saturated rings. The number of hydrogen-bond acceptors (Lipinski definition) is 6. The average molecular weight is 291 g/mol. The molecule has 1 N–H and O–H groups in total. The molecule has 0 bridgehead atoms. The van der Waals surface area contributed by atoms with E-state index in [1.807, 2.05) is 30.3 Å². The summed E-state index contributed by atoms with van der Waals surface area (Å²) in [6, 6.07) is 8.66. The molecule has 2 unspecified atom stereocenters. The number of carbonyl (C=O) groups is 3. The van der Waals surface area contributed by atoms with E-state index in [-0.39, 0.29) is 25.3 Å². The van der Waals surface area contributed by atoms with Crippen molar-refractivity contribution in [1.82, 2.24) is 5.32 Å². The molecule has 1 aliphatic rings. The standard InChI is InChI=1S/C15H17NO5/c17-10-21-14(13-8-12(18)6-7-16-13)15(19)20-9-11-4-2-1-3-5-11/h1-5,10,13-14,16H,6-9H2. The average Bonchev–Trinajstić information content (AvgIpc) is 2.51. The highest BCUT2D eigenvalue weighted by atomic mass is 16.6. The summed E-state index contributed by atoms with van der Waals surface area (Å²) < 4.78 is 9.97. The molecule has 6 heteroatoms. The molecule has 0 amide bonds. The van der Waals surface area contributed by atoms with Crippen LogP contribution >= 0.6 is 0 Å². The first-order valence-corrected chi connectivity index (χ1v) is 6.75. The first-order valence-electron chi connectivity index (χ1n) is 6.75. The van der Waals surface area contributed by atoms with Gasteiger partial charge in [0.25, 0.3) is 6.47 Å². The number of Topliss-reactive ketones (excluding diaryl/α,β-unsaturated/α-hetero) is 1. The van der Waals surface area contributed by atoms with Crippen LogP contribution in [0.25, 0.3) is 0 Å². The fourth-order valence-corrected chi connectivity index (χ4v) is 2.22. The molecular formula is C15H17NO5. The van der Waals surface area contributed by atoms with Gasteiger partial charge < -0.3 is 14.8 Å². The van der Waals surface area contributed by atoms with E-state index in [2.05, 4.69) is 5.32 Å². The topological polar surface area (TPSA) is 81.7 Å². The van der Waals surface area contributed by atoms with Crippen LogP contribution in [0.3, 0.4) is 0 Å². The van der Waals surface area contributed by atoms with Gasteiger partial charge in [0.05, 0.1) is 6.04 Å². The third-order valence-corrected chi connectivity index (χ3v) is 3.28. The Kier molecular flexibility index (Phi) is 5.45. The van der Waals surface area contributed by atoms with E-state index < -0.39 is 18.1 Å². The number of benzene rings is 1. The number of esters is 1. The summed E-state index contributed by atoms with van der Waals surface area (Å²) in [5.41, 5.74) is 0.836. The van der Waals surface area contributed by atoms with Gasteiger partial charge in [0, 0.05) is 19.4 Å². The number of rotatable bonds is 6. The van der Waals surface area contributed by atoms with Crippen molar-refractivity contribution in [3.05, 3.63) is 35.9 Å². The van der Waals surface area contributed by atoms with E-state index in [1.54, 1.807) is 0 Å². The van der Waals surface area contributed by atoms with Gasteiger partial charge in [-0.25, -0.2) is 4.79 Å². The fourth-order valence-electron chi connectivity index (χ4n) is 2.22. The lowest BCUT2D eigenvalue weighted by Gasteiger charge is -2.27. The van der Waals surface area contributed by atoms with Crippen molar-refractivity contribution in [3.8, 4) is 0 Å². The summed E-state index contributed by atoms with van der Waals surface area (Å²) in [6.45, 7) is 0.766. The molecule has 0 saturated carbocycles. The lowest BCUT2D eigenvalue weighted by Crippen LogP contribution is -2.50. The molecule has 1 saturated heterocycles. The largest absolute Gasteiger partial charge is 0.458 e. The maximum atomic E-state index is 12.1. The molecule has 0 aliphatic carbocycles. The third-order valence-electron chi connectivity index (χ3n) is 3.28. The zero-order valence-corrected chi connectivity index (χ0v) is 11.5. The Labute approximate surface area is 122 Å². The predicted molar refractivity (Wildman–Crippen MR) is 73.2 cm³/mol. The van der Waals surface area contributed by atoms with Crippen molar-refractivity contribution < 1.29 is 23.9 Å². The molecular weight excluding hydrogens is 274 g/mol. The van der Waals surface area contributed by atoms with Gasteiger partial charge in [-0.15, -0.1) is 0 Å².